The summed E-state index contributed by atoms with van der Waals surface area (Å²) in [5, 5.41) is 11.5. The lowest BCUT2D eigenvalue weighted by Crippen LogP contribution is -2.48. The molecule has 2 aromatic heterocycles. The molecule has 3 N–H and O–H groups in total. The molecule has 0 atom stereocenters. The summed E-state index contributed by atoms with van der Waals surface area (Å²) in [6.45, 7) is 8.19. The van der Waals surface area contributed by atoms with Gasteiger partial charge >= 0.3 is 0 Å². The highest BCUT2D eigenvalue weighted by atomic mass is 127. The van der Waals surface area contributed by atoms with Crippen molar-refractivity contribution < 1.29 is 9.21 Å². The molecule has 2 heterocycles. The normalized spacial score (nSPS) is 11.6. The first-order valence-corrected chi connectivity index (χ1v) is 9.74. The monoisotopic (exact) mass is 504 g/mol. The molecule has 1 amide bonds. The van der Waals surface area contributed by atoms with Crippen LogP contribution < -0.4 is 16.0 Å². The Morgan fingerprint density at radius 3 is 2.67 bits per heavy atom. The van der Waals surface area contributed by atoms with Crippen molar-refractivity contribution in [2.24, 2.45) is 10.4 Å². The van der Waals surface area contributed by atoms with Gasteiger partial charge in [-0.25, -0.2) is 4.99 Å². The van der Waals surface area contributed by atoms with Crippen LogP contribution in [0, 0.1) is 5.41 Å². The second-order valence-corrected chi connectivity index (χ2v) is 7.63. The van der Waals surface area contributed by atoms with Crippen molar-refractivity contribution in [1.82, 2.24) is 16.0 Å². The van der Waals surface area contributed by atoms with E-state index in [4.69, 9.17) is 4.42 Å². The summed E-state index contributed by atoms with van der Waals surface area (Å²) in [4.78, 5) is 18.0. The van der Waals surface area contributed by atoms with Crippen LogP contribution in [-0.4, -0.2) is 31.5 Å². The number of aliphatic imine (C=N–C) groups is 1. The molecule has 0 spiro atoms. The molecule has 150 valence electrons. The number of nitrogens with one attached hydrogen (secondary N) is 3. The minimum Gasteiger partial charge on any atom is -0.469 e. The fourth-order valence-electron chi connectivity index (χ4n) is 2.28. The number of hydrogen-bond acceptors (Lipinski definition) is 4. The molecular weight excluding hydrogens is 475 g/mol. The smallest absolute Gasteiger partial charge is 0.227 e. The number of carbonyl (C=O) groups excluding carboxylic acids is 1. The van der Waals surface area contributed by atoms with Crippen LogP contribution in [0.4, 0.5) is 0 Å². The van der Waals surface area contributed by atoms with E-state index in [1.165, 1.54) is 4.88 Å². The molecule has 0 unspecified atom stereocenters. The van der Waals surface area contributed by atoms with E-state index in [2.05, 4.69) is 27.0 Å². The van der Waals surface area contributed by atoms with Crippen LogP contribution in [0.5, 0.6) is 0 Å². The molecule has 2 aromatic rings. The van der Waals surface area contributed by atoms with Crippen molar-refractivity contribution in [1.29, 1.82) is 0 Å². The van der Waals surface area contributed by atoms with Crippen LogP contribution in [-0.2, 0) is 17.8 Å². The molecule has 0 radical (unpaired) electrons. The van der Waals surface area contributed by atoms with Gasteiger partial charge < -0.3 is 20.4 Å². The molecule has 0 bridgehead atoms. The van der Waals surface area contributed by atoms with E-state index in [0.29, 0.717) is 32.1 Å². The molecule has 0 aliphatic heterocycles. The van der Waals surface area contributed by atoms with Gasteiger partial charge in [0.2, 0.25) is 5.91 Å². The van der Waals surface area contributed by atoms with E-state index in [1.54, 1.807) is 17.6 Å². The van der Waals surface area contributed by atoms with Gasteiger partial charge in [-0.2, -0.15) is 0 Å². The molecule has 6 nitrogen and oxygen atoms in total. The van der Waals surface area contributed by atoms with E-state index >= 15 is 0 Å². The minimum absolute atomic E-state index is 0. The Kier molecular flexibility index (Phi) is 10.5. The van der Waals surface area contributed by atoms with Gasteiger partial charge in [0.1, 0.15) is 5.76 Å². The lowest BCUT2D eigenvalue weighted by molar-refractivity contribution is -0.128. The minimum atomic E-state index is -0.525. The van der Waals surface area contributed by atoms with Crippen molar-refractivity contribution in [3.63, 3.8) is 0 Å². The maximum Gasteiger partial charge on any atom is 0.227 e. The lowest BCUT2D eigenvalue weighted by Gasteiger charge is -2.25. The van der Waals surface area contributed by atoms with Gasteiger partial charge in [-0.05, 0) is 44.4 Å². The summed E-state index contributed by atoms with van der Waals surface area (Å²) in [5.74, 6) is 1.65. The Bertz CT molecular complexity index is 685. The molecule has 0 saturated carbocycles. The van der Waals surface area contributed by atoms with Crippen molar-refractivity contribution in [2.45, 2.75) is 33.7 Å². The summed E-state index contributed by atoms with van der Waals surface area (Å²) in [5.41, 5.74) is -0.525. The third kappa shape index (κ3) is 8.34. The maximum absolute atomic E-state index is 12.2. The van der Waals surface area contributed by atoms with Crippen LogP contribution in [0.15, 0.2) is 45.3 Å². The zero-order valence-corrected chi connectivity index (χ0v) is 19.2. The van der Waals surface area contributed by atoms with Gasteiger partial charge in [-0.15, -0.1) is 35.3 Å². The Balaban J connectivity index is 0.00000364. The molecule has 0 aliphatic rings. The fourth-order valence-corrected chi connectivity index (χ4v) is 2.91. The Hall–Kier alpha value is -1.55. The Morgan fingerprint density at radius 1 is 1.22 bits per heavy atom. The molecule has 0 saturated heterocycles. The highest BCUT2D eigenvalue weighted by molar-refractivity contribution is 14.0. The van der Waals surface area contributed by atoms with Crippen molar-refractivity contribution >= 4 is 47.2 Å². The standard InChI is InChI=1S/C19H28N4O2S.HI/c1-4-20-17(24)19(2,3)14-23-18(22-13-16-8-6-12-26-16)21-10-9-15-7-5-11-25-15;/h5-8,11-12H,4,9-10,13-14H2,1-3H3,(H,20,24)(H2,21,22,23);1H. The molecular formula is C19H29IN4O2S. The largest absolute Gasteiger partial charge is 0.469 e. The van der Waals surface area contributed by atoms with Gasteiger partial charge in [0.25, 0.3) is 0 Å². The second-order valence-electron chi connectivity index (χ2n) is 6.60. The van der Waals surface area contributed by atoms with E-state index in [-0.39, 0.29) is 29.9 Å². The number of guanidine groups is 1. The first-order chi connectivity index (χ1) is 12.5. The molecule has 0 fully saturated rings. The maximum atomic E-state index is 12.2. The number of hydrogen-bond donors (Lipinski definition) is 3. The highest BCUT2D eigenvalue weighted by Crippen LogP contribution is 2.13. The lowest BCUT2D eigenvalue weighted by atomic mass is 9.92. The average molecular weight is 504 g/mol. The summed E-state index contributed by atoms with van der Waals surface area (Å²) in [6.07, 6.45) is 2.45. The topological polar surface area (TPSA) is 78.7 Å². The summed E-state index contributed by atoms with van der Waals surface area (Å²) in [6, 6.07) is 7.92. The molecule has 27 heavy (non-hydrogen) atoms. The predicted octanol–water partition coefficient (Wildman–Crippen LogP) is 3.40. The number of halogens is 1. The number of amides is 1. The van der Waals surface area contributed by atoms with Gasteiger partial charge in [0.15, 0.2) is 5.96 Å². The van der Waals surface area contributed by atoms with Crippen LogP contribution in [0.1, 0.15) is 31.4 Å². The third-order valence-electron chi connectivity index (χ3n) is 3.87. The van der Waals surface area contributed by atoms with Crippen LogP contribution >= 0.6 is 35.3 Å². The molecule has 0 aromatic carbocycles. The van der Waals surface area contributed by atoms with E-state index in [0.717, 1.165) is 12.2 Å². The van der Waals surface area contributed by atoms with Crippen molar-refractivity contribution in [2.75, 3.05) is 19.6 Å². The van der Waals surface area contributed by atoms with Crippen LogP contribution in [0.2, 0.25) is 0 Å². The fraction of sp³-hybridized carbons (Fsp3) is 0.474. The zero-order chi connectivity index (χ0) is 18.8. The van der Waals surface area contributed by atoms with Gasteiger partial charge in [-0.3, -0.25) is 4.79 Å². The van der Waals surface area contributed by atoms with Crippen molar-refractivity contribution in [3.05, 3.63) is 46.5 Å². The van der Waals surface area contributed by atoms with E-state index < -0.39 is 5.41 Å². The van der Waals surface area contributed by atoms with E-state index in [1.807, 2.05) is 44.4 Å². The van der Waals surface area contributed by atoms with Gasteiger partial charge in [0.05, 0.1) is 18.2 Å². The van der Waals surface area contributed by atoms with Crippen molar-refractivity contribution in [3.8, 4) is 0 Å². The number of nitrogens with zero attached hydrogens (tertiary/aromatic N) is 1. The van der Waals surface area contributed by atoms with Gasteiger partial charge in [-0.1, -0.05) is 6.07 Å². The summed E-state index contributed by atoms with van der Waals surface area (Å²) in [7, 11) is 0. The Labute approximate surface area is 182 Å². The second kappa shape index (κ2) is 12.0. The third-order valence-corrected chi connectivity index (χ3v) is 4.73. The molecule has 0 aliphatic carbocycles. The number of rotatable bonds is 9. The number of thiophene rings is 1. The van der Waals surface area contributed by atoms with Crippen LogP contribution in [0.25, 0.3) is 0 Å². The number of furan rings is 1. The van der Waals surface area contributed by atoms with Gasteiger partial charge in [0, 0.05) is 30.9 Å². The molecule has 8 heteroatoms. The Morgan fingerprint density at radius 2 is 2.04 bits per heavy atom. The predicted molar refractivity (Wildman–Crippen MR) is 122 cm³/mol. The SMILES string of the molecule is CCNC(=O)C(C)(C)CNC(=NCc1cccs1)NCCc1ccco1.I. The quantitative estimate of drug-likeness (QED) is 0.278. The number of carbonyl (C=O) groups is 1. The van der Waals surface area contributed by atoms with E-state index in [9.17, 15) is 4.79 Å². The summed E-state index contributed by atoms with van der Waals surface area (Å²) < 4.78 is 5.36. The molecule has 2 rings (SSSR count). The summed E-state index contributed by atoms with van der Waals surface area (Å²) >= 11 is 1.68. The van der Waals surface area contributed by atoms with Crippen LogP contribution in [0.3, 0.4) is 0 Å². The highest BCUT2D eigenvalue weighted by Gasteiger charge is 2.27. The first kappa shape index (κ1) is 23.5. The first-order valence-electron chi connectivity index (χ1n) is 8.86. The average Bonchev–Trinajstić information content (AvgIpc) is 3.30. The zero-order valence-electron chi connectivity index (χ0n) is 16.1.